The fourth-order valence-electron chi connectivity index (χ4n) is 2.98. The highest BCUT2D eigenvalue weighted by Crippen LogP contribution is 2.31. The monoisotopic (exact) mass is 385 g/mol. The van der Waals surface area contributed by atoms with Gasteiger partial charge in [-0.25, -0.2) is 4.98 Å². The van der Waals surface area contributed by atoms with Crippen molar-refractivity contribution in [2.75, 3.05) is 0 Å². The summed E-state index contributed by atoms with van der Waals surface area (Å²) in [5.41, 5.74) is 9.48. The zero-order valence-electron chi connectivity index (χ0n) is 15.1. The second-order valence-corrected chi connectivity index (χ2v) is 6.35. The number of furan rings is 1. The van der Waals surface area contributed by atoms with Crippen LogP contribution in [0.1, 0.15) is 10.4 Å². The van der Waals surface area contributed by atoms with Gasteiger partial charge in [0.05, 0.1) is 16.9 Å². The molecule has 2 heterocycles. The molecule has 7 heteroatoms. The molecule has 142 valence electrons. The number of carbonyl (C=O) groups excluding carboxylic acids is 1. The van der Waals surface area contributed by atoms with E-state index in [0.717, 1.165) is 16.7 Å². The highest BCUT2D eigenvalue weighted by atomic mass is 16.6. The number of benzene rings is 2. The molecule has 2 aromatic carbocycles. The minimum Gasteiger partial charge on any atom is -0.463 e. The summed E-state index contributed by atoms with van der Waals surface area (Å²) in [5, 5.41) is 10.9. The van der Waals surface area contributed by atoms with Crippen molar-refractivity contribution in [2.24, 2.45) is 5.73 Å². The zero-order chi connectivity index (χ0) is 20.4. The first kappa shape index (κ1) is 18.1. The Kier molecular flexibility index (Phi) is 4.62. The fourth-order valence-corrected chi connectivity index (χ4v) is 2.98. The molecule has 29 heavy (non-hydrogen) atoms. The van der Waals surface area contributed by atoms with Crippen molar-refractivity contribution in [3.8, 4) is 33.8 Å². The molecule has 0 aliphatic heterocycles. The van der Waals surface area contributed by atoms with Gasteiger partial charge in [0, 0.05) is 23.3 Å². The van der Waals surface area contributed by atoms with Crippen LogP contribution in [0.4, 0.5) is 5.69 Å². The van der Waals surface area contributed by atoms with E-state index in [1.54, 1.807) is 48.7 Å². The summed E-state index contributed by atoms with van der Waals surface area (Å²) >= 11 is 0. The first-order chi connectivity index (χ1) is 14.0. The minimum absolute atomic E-state index is 0.0122. The van der Waals surface area contributed by atoms with Crippen LogP contribution in [0.25, 0.3) is 33.8 Å². The van der Waals surface area contributed by atoms with Crippen molar-refractivity contribution in [2.45, 2.75) is 0 Å². The molecule has 7 nitrogen and oxygen atoms in total. The van der Waals surface area contributed by atoms with Crippen LogP contribution in [0, 0.1) is 10.1 Å². The topological polar surface area (TPSA) is 112 Å². The van der Waals surface area contributed by atoms with E-state index in [2.05, 4.69) is 4.98 Å². The van der Waals surface area contributed by atoms with Gasteiger partial charge < -0.3 is 10.2 Å². The number of primary amides is 1. The smallest absolute Gasteiger partial charge is 0.269 e. The Labute approximate surface area is 165 Å². The Hall–Kier alpha value is -4.26. The van der Waals surface area contributed by atoms with Crippen molar-refractivity contribution >= 4 is 11.6 Å². The largest absolute Gasteiger partial charge is 0.463 e. The standard InChI is InChI=1S/C22H15N3O4/c23-22(26)16-5-3-14(4-6-16)17-12-19(15-7-9-18(10-8-15)25(27)28)24-20(13-17)21-2-1-11-29-21/h1-13H,(H2,23,26). The van der Waals surface area contributed by atoms with Crippen molar-refractivity contribution in [3.63, 3.8) is 0 Å². The molecule has 4 aromatic rings. The van der Waals surface area contributed by atoms with Gasteiger partial charge >= 0.3 is 0 Å². The van der Waals surface area contributed by atoms with Crippen LogP contribution in [0.15, 0.2) is 83.5 Å². The van der Waals surface area contributed by atoms with Crippen LogP contribution in [0.2, 0.25) is 0 Å². The summed E-state index contributed by atoms with van der Waals surface area (Å²) in [5.74, 6) is 0.109. The minimum atomic E-state index is -0.492. The molecule has 0 aliphatic rings. The number of nitrogens with zero attached hydrogens (tertiary/aromatic N) is 2. The molecule has 1 amide bonds. The number of nitro benzene ring substituents is 1. The number of hydrogen-bond acceptors (Lipinski definition) is 5. The van der Waals surface area contributed by atoms with E-state index in [4.69, 9.17) is 10.2 Å². The van der Waals surface area contributed by atoms with E-state index in [9.17, 15) is 14.9 Å². The van der Waals surface area contributed by atoms with E-state index in [0.29, 0.717) is 22.7 Å². The summed E-state index contributed by atoms with van der Waals surface area (Å²) < 4.78 is 5.49. The summed E-state index contributed by atoms with van der Waals surface area (Å²) in [7, 11) is 0. The molecule has 0 saturated heterocycles. The van der Waals surface area contributed by atoms with Gasteiger partial charge in [0.1, 0.15) is 5.69 Å². The van der Waals surface area contributed by atoms with Gasteiger partial charge in [-0.05, 0) is 59.7 Å². The van der Waals surface area contributed by atoms with Crippen LogP contribution in [0.5, 0.6) is 0 Å². The van der Waals surface area contributed by atoms with Crippen LogP contribution in [0.3, 0.4) is 0 Å². The number of amides is 1. The predicted molar refractivity (Wildman–Crippen MR) is 108 cm³/mol. The number of non-ortho nitro benzene ring substituents is 1. The Morgan fingerprint density at radius 2 is 1.55 bits per heavy atom. The summed E-state index contributed by atoms with van der Waals surface area (Å²) in [6.07, 6.45) is 1.57. The van der Waals surface area contributed by atoms with Crippen molar-refractivity contribution in [1.29, 1.82) is 0 Å². The van der Waals surface area contributed by atoms with E-state index in [-0.39, 0.29) is 5.69 Å². The number of carbonyl (C=O) groups is 1. The fraction of sp³-hybridized carbons (Fsp3) is 0. The second kappa shape index (κ2) is 7.40. The number of aromatic nitrogens is 1. The average molecular weight is 385 g/mol. The Bertz CT molecular complexity index is 1110. The maximum atomic E-state index is 11.3. The molecule has 0 saturated carbocycles. The molecule has 0 fully saturated rings. The molecular formula is C22H15N3O4. The molecule has 0 spiro atoms. The van der Waals surface area contributed by atoms with Gasteiger partial charge in [-0.3, -0.25) is 14.9 Å². The Morgan fingerprint density at radius 1 is 0.897 bits per heavy atom. The second-order valence-electron chi connectivity index (χ2n) is 6.35. The van der Waals surface area contributed by atoms with Crippen LogP contribution in [-0.2, 0) is 0 Å². The summed E-state index contributed by atoms with van der Waals surface area (Å²) in [4.78, 5) is 26.5. The molecular weight excluding hydrogens is 370 g/mol. The van der Waals surface area contributed by atoms with E-state index < -0.39 is 10.8 Å². The van der Waals surface area contributed by atoms with E-state index in [1.807, 2.05) is 18.2 Å². The first-order valence-corrected chi connectivity index (χ1v) is 8.72. The van der Waals surface area contributed by atoms with Gasteiger partial charge in [-0.15, -0.1) is 0 Å². The Balaban J connectivity index is 1.83. The highest BCUT2D eigenvalue weighted by molar-refractivity contribution is 5.93. The van der Waals surface area contributed by atoms with E-state index >= 15 is 0 Å². The quantitative estimate of drug-likeness (QED) is 0.396. The van der Waals surface area contributed by atoms with Gasteiger partial charge in [0.15, 0.2) is 5.76 Å². The highest BCUT2D eigenvalue weighted by Gasteiger charge is 2.12. The molecule has 4 rings (SSSR count). The van der Waals surface area contributed by atoms with Gasteiger partial charge in [-0.1, -0.05) is 12.1 Å². The molecule has 2 aromatic heterocycles. The van der Waals surface area contributed by atoms with Crippen LogP contribution < -0.4 is 5.73 Å². The lowest BCUT2D eigenvalue weighted by molar-refractivity contribution is -0.384. The molecule has 0 atom stereocenters. The summed E-state index contributed by atoms with van der Waals surface area (Å²) in [6, 6.07) is 20.5. The number of rotatable bonds is 5. The average Bonchev–Trinajstić information content (AvgIpc) is 3.28. The molecule has 2 N–H and O–H groups in total. The zero-order valence-corrected chi connectivity index (χ0v) is 15.1. The van der Waals surface area contributed by atoms with Crippen molar-refractivity contribution < 1.29 is 14.1 Å². The number of pyridine rings is 1. The van der Waals surface area contributed by atoms with E-state index in [1.165, 1.54) is 12.1 Å². The SMILES string of the molecule is NC(=O)c1ccc(-c2cc(-c3ccc([N+](=O)[O-])cc3)nc(-c3ccco3)c2)cc1. The third-order valence-corrected chi connectivity index (χ3v) is 4.48. The van der Waals surface area contributed by atoms with Crippen molar-refractivity contribution in [3.05, 3.63) is 94.7 Å². The number of hydrogen-bond donors (Lipinski definition) is 1. The third-order valence-electron chi connectivity index (χ3n) is 4.48. The van der Waals surface area contributed by atoms with Crippen molar-refractivity contribution in [1.82, 2.24) is 4.98 Å². The van der Waals surface area contributed by atoms with Gasteiger partial charge in [0.2, 0.25) is 5.91 Å². The molecule has 0 aliphatic carbocycles. The summed E-state index contributed by atoms with van der Waals surface area (Å²) in [6.45, 7) is 0. The van der Waals surface area contributed by atoms with Gasteiger partial charge in [0.25, 0.3) is 5.69 Å². The maximum absolute atomic E-state index is 11.3. The Morgan fingerprint density at radius 3 is 2.14 bits per heavy atom. The first-order valence-electron chi connectivity index (χ1n) is 8.72. The number of nitrogens with two attached hydrogens (primary N) is 1. The number of nitro groups is 1. The normalized spacial score (nSPS) is 10.6. The lowest BCUT2D eigenvalue weighted by atomic mass is 10.0. The van der Waals surface area contributed by atoms with Crippen LogP contribution >= 0.6 is 0 Å². The molecule has 0 radical (unpaired) electrons. The third kappa shape index (κ3) is 3.74. The molecule has 0 unspecified atom stereocenters. The predicted octanol–water partition coefficient (Wildman–Crippen LogP) is 4.68. The van der Waals surface area contributed by atoms with Gasteiger partial charge in [-0.2, -0.15) is 0 Å². The maximum Gasteiger partial charge on any atom is 0.269 e. The lowest BCUT2D eigenvalue weighted by Crippen LogP contribution is -2.10. The molecule has 0 bridgehead atoms. The lowest BCUT2D eigenvalue weighted by Gasteiger charge is -2.09. The van der Waals surface area contributed by atoms with Crippen LogP contribution in [-0.4, -0.2) is 15.8 Å².